The van der Waals surface area contributed by atoms with Crippen molar-refractivity contribution in [3.05, 3.63) is 36.0 Å². The van der Waals surface area contributed by atoms with Gasteiger partial charge in [0.1, 0.15) is 0 Å². The Morgan fingerprint density at radius 2 is 2.36 bits per heavy atom. The lowest BCUT2D eigenvalue weighted by molar-refractivity contribution is -0.131. The third-order valence-corrected chi connectivity index (χ3v) is 1.88. The van der Waals surface area contributed by atoms with Crippen molar-refractivity contribution in [3.63, 3.8) is 0 Å². The number of hydrogen-bond donors (Lipinski definition) is 2. The number of aromatic nitrogens is 2. The van der Waals surface area contributed by atoms with Gasteiger partial charge >= 0.3 is 5.97 Å². The van der Waals surface area contributed by atoms with Crippen LogP contribution in [0.25, 0.3) is 17.0 Å². The second-order valence-electron chi connectivity index (χ2n) is 2.89. The first kappa shape index (κ1) is 8.50. The molecule has 0 radical (unpaired) electrons. The van der Waals surface area contributed by atoms with Gasteiger partial charge in [-0.05, 0) is 23.8 Å². The van der Waals surface area contributed by atoms with Crippen molar-refractivity contribution in [1.29, 1.82) is 0 Å². The molecule has 0 aliphatic rings. The number of fused-ring (bicyclic) bond motifs is 1. The zero-order valence-corrected chi connectivity index (χ0v) is 7.27. The maximum Gasteiger partial charge on any atom is 0.328 e. The Morgan fingerprint density at radius 3 is 3.14 bits per heavy atom. The fourth-order valence-corrected chi connectivity index (χ4v) is 1.23. The highest BCUT2D eigenvalue weighted by Gasteiger charge is 1.95. The van der Waals surface area contributed by atoms with Crippen LogP contribution in [0.3, 0.4) is 0 Å². The van der Waals surface area contributed by atoms with Gasteiger partial charge in [0.25, 0.3) is 0 Å². The monoisotopic (exact) mass is 188 g/mol. The maximum atomic E-state index is 10.3. The molecule has 14 heavy (non-hydrogen) atoms. The van der Waals surface area contributed by atoms with E-state index in [0.29, 0.717) is 0 Å². The Bertz CT molecular complexity index is 500. The summed E-state index contributed by atoms with van der Waals surface area (Å²) in [6.07, 6.45) is 4.36. The van der Waals surface area contributed by atoms with Crippen molar-refractivity contribution in [2.24, 2.45) is 0 Å². The third kappa shape index (κ3) is 1.64. The number of aromatic amines is 1. The lowest BCUT2D eigenvalue weighted by Crippen LogP contribution is -1.85. The summed E-state index contributed by atoms with van der Waals surface area (Å²) in [5.41, 5.74) is 1.79. The summed E-state index contributed by atoms with van der Waals surface area (Å²) in [6.45, 7) is 0. The number of carboxylic acid groups (broad SMARTS) is 1. The highest BCUT2D eigenvalue weighted by molar-refractivity contribution is 5.87. The summed E-state index contributed by atoms with van der Waals surface area (Å²) < 4.78 is 0. The fourth-order valence-electron chi connectivity index (χ4n) is 1.23. The molecule has 2 N–H and O–H groups in total. The quantitative estimate of drug-likeness (QED) is 0.704. The van der Waals surface area contributed by atoms with Crippen LogP contribution in [0.4, 0.5) is 0 Å². The third-order valence-electron chi connectivity index (χ3n) is 1.88. The Labute approximate surface area is 79.9 Å². The van der Waals surface area contributed by atoms with Gasteiger partial charge in [-0.1, -0.05) is 6.07 Å². The van der Waals surface area contributed by atoms with Crippen molar-refractivity contribution in [2.75, 3.05) is 0 Å². The van der Waals surface area contributed by atoms with E-state index in [4.69, 9.17) is 5.11 Å². The van der Waals surface area contributed by atoms with Gasteiger partial charge in [0.15, 0.2) is 0 Å². The van der Waals surface area contributed by atoms with Gasteiger partial charge in [0, 0.05) is 11.5 Å². The predicted octanol–water partition coefficient (Wildman–Crippen LogP) is 1.66. The summed E-state index contributed by atoms with van der Waals surface area (Å²) in [6, 6.07) is 5.57. The molecule has 0 aliphatic carbocycles. The number of carbonyl (C=O) groups is 1. The Balaban J connectivity index is 2.39. The van der Waals surface area contributed by atoms with E-state index < -0.39 is 5.97 Å². The molecule has 2 aromatic rings. The highest BCUT2D eigenvalue weighted by atomic mass is 16.4. The van der Waals surface area contributed by atoms with Gasteiger partial charge in [-0.2, -0.15) is 5.10 Å². The number of rotatable bonds is 2. The minimum absolute atomic E-state index is 0.848. The van der Waals surface area contributed by atoms with Crippen molar-refractivity contribution < 1.29 is 9.90 Å². The number of carboxylic acids is 1. The van der Waals surface area contributed by atoms with Crippen LogP contribution >= 0.6 is 0 Å². The minimum Gasteiger partial charge on any atom is -0.478 e. The van der Waals surface area contributed by atoms with Crippen LogP contribution in [0, 0.1) is 0 Å². The molecule has 0 bridgehead atoms. The first-order valence-corrected chi connectivity index (χ1v) is 4.10. The molecule has 0 atom stereocenters. The van der Waals surface area contributed by atoms with E-state index in [1.807, 2.05) is 18.2 Å². The molecular weight excluding hydrogens is 180 g/mol. The molecule has 2 rings (SSSR count). The van der Waals surface area contributed by atoms with E-state index in [-0.39, 0.29) is 0 Å². The molecule has 4 heteroatoms. The van der Waals surface area contributed by atoms with Gasteiger partial charge in [0.05, 0.1) is 11.7 Å². The van der Waals surface area contributed by atoms with Crippen LogP contribution in [0.1, 0.15) is 5.56 Å². The van der Waals surface area contributed by atoms with Crippen LogP contribution in [-0.4, -0.2) is 21.3 Å². The maximum absolute atomic E-state index is 10.3. The second-order valence-corrected chi connectivity index (χ2v) is 2.89. The number of hydrogen-bond acceptors (Lipinski definition) is 2. The summed E-state index contributed by atoms with van der Waals surface area (Å²) in [4.78, 5) is 10.3. The first-order valence-electron chi connectivity index (χ1n) is 4.10. The zero-order chi connectivity index (χ0) is 9.97. The first-order chi connectivity index (χ1) is 6.75. The molecule has 0 spiro atoms. The second kappa shape index (κ2) is 3.33. The molecule has 4 nitrogen and oxygen atoms in total. The lowest BCUT2D eigenvalue weighted by atomic mass is 10.1. The van der Waals surface area contributed by atoms with E-state index in [0.717, 1.165) is 22.5 Å². The number of nitrogens with zero attached hydrogens (tertiary/aromatic N) is 1. The van der Waals surface area contributed by atoms with Gasteiger partial charge in [-0.15, -0.1) is 0 Å². The van der Waals surface area contributed by atoms with Crippen molar-refractivity contribution in [3.8, 4) is 0 Å². The topological polar surface area (TPSA) is 66.0 Å². The highest BCUT2D eigenvalue weighted by Crippen LogP contribution is 2.13. The van der Waals surface area contributed by atoms with E-state index in [2.05, 4.69) is 10.2 Å². The minimum atomic E-state index is -0.947. The van der Waals surface area contributed by atoms with Gasteiger partial charge in [-0.3, -0.25) is 5.10 Å². The molecule has 1 heterocycles. The molecule has 0 saturated carbocycles. The predicted molar refractivity (Wildman–Crippen MR) is 52.8 cm³/mol. The molecular formula is C10H8N2O2. The number of H-pyrrole nitrogens is 1. The molecule has 0 saturated heterocycles. The van der Waals surface area contributed by atoms with Gasteiger partial charge < -0.3 is 5.11 Å². The Morgan fingerprint density at radius 1 is 1.50 bits per heavy atom. The standard InChI is InChI=1S/C10H8N2O2/c13-10(14)4-2-7-1-3-9-8(5-7)6-11-12-9/h1-6H,(H,11,12)(H,13,14)/b4-2+. The largest absolute Gasteiger partial charge is 0.478 e. The van der Waals surface area contributed by atoms with Crippen LogP contribution in [0.5, 0.6) is 0 Å². The molecule has 1 aromatic carbocycles. The molecule has 0 unspecified atom stereocenters. The average Bonchev–Trinajstić information content (AvgIpc) is 2.61. The number of benzene rings is 1. The van der Waals surface area contributed by atoms with Crippen LogP contribution in [0.2, 0.25) is 0 Å². The normalized spacial score (nSPS) is 11.1. The van der Waals surface area contributed by atoms with Crippen molar-refractivity contribution >= 4 is 22.9 Å². The van der Waals surface area contributed by atoms with E-state index in [1.54, 1.807) is 12.3 Å². The van der Waals surface area contributed by atoms with Crippen LogP contribution in [0.15, 0.2) is 30.5 Å². The summed E-state index contributed by atoms with van der Waals surface area (Å²) >= 11 is 0. The van der Waals surface area contributed by atoms with E-state index in [9.17, 15) is 4.79 Å². The van der Waals surface area contributed by atoms with Gasteiger partial charge in [-0.25, -0.2) is 4.79 Å². The van der Waals surface area contributed by atoms with Crippen molar-refractivity contribution in [1.82, 2.24) is 10.2 Å². The average molecular weight is 188 g/mol. The smallest absolute Gasteiger partial charge is 0.328 e. The van der Waals surface area contributed by atoms with Crippen molar-refractivity contribution in [2.45, 2.75) is 0 Å². The molecule has 70 valence electrons. The molecule has 0 aliphatic heterocycles. The molecule has 1 aromatic heterocycles. The summed E-state index contributed by atoms with van der Waals surface area (Å²) in [7, 11) is 0. The van der Waals surface area contributed by atoms with Crippen LogP contribution < -0.4 is 0 Å². The molecule has 0 amide bonds. The zero-order valence-electron chi connectivity index (χ0n) is 7.27. The lowest BCUT2D eigenvalue weighted by Gasteiger charge is -1.92. The van der Waals surface area contributed by atoms with Crippen LogP contribution in [-0.2, 0) is 4.79 Å². The number of aliphatic carboxylic acids is 1. The van der Waals surface area contributed by atoms with E-state index in [1.165, 1.54) is 0 Å². The fraction of sp³-hybridized carbons (Fsp3) is 0. The Kier molecular flexibility index (Phi) is 2.02. The number of nitrogens with one attached hydrogen (secondary N) is 1. The molecule has 0 fully saturated rings. The SMILES string of the molecule is O=C(O)/C=C/c1ccc2[nH]ncc2c1. The van der Waals surface area contributed by atoms with E-state index >= 15 is 0 Å². The summed E-state index contributed by atoms with van der Waals surface area (Å²) in [5, 5.41) is 16.1. The van der Waals surface area contributed by atoms with Gasteiger partial charge in [0.2, 0.25) is 0 Å². The Hall–Kier alpha value is -2.10. The summed E-state index contributed by atoms with van der Waals surface area (Å²) in [5.74, 6) is -0.947.